The number of aryl methyl sites for hydroxylation is 1. The first-order valence-electron chi connectivity index (χ1n) is 8.44. The number of nitrogens with one attached hydrogen (secondary N) is 1. The molecule has 1 aromatic carbocycles. The van der Waals surface area contributed by atoms with Crippen molar-refractivity contribution in [3.05, 3.63) is 29.8 Å². The molecule has 0 aromatic heterocycles. The lowest BCUT2D eigenvalue weighted by atomic mass is 10.1. The Balaban J connectivity index is 1.97. The molecule has 5 nitrogen and oxygen atoms in total. The molecule has 1 aliphatic rings. The molecule has 0 radical (unpaired) electrons. The minimum absolute atomic E-state index is 0.0308. The number of carbonyl (C=O) groups excluding carboxylic acids is 2. The second-order valence-corrected chi connectivity index (χ2v) is 5.74. The predicted molar refractivity (Wildman–Crippen MR) is 89.4 cm³/mol. The number of amides is 2. The minimum Gasteiger partial charge on any atom is -0.494 e. The fourth-order valence-corrected chi connectivity index (χ4v) is 2.93. The number of hydrogen-bond donors (Lipinski definition) is 1. The second kappa shape index (κ2) is 8.56. The summed E-state index contributed by atoms with van der Waals surface area (Å²) >= 11 is 0. The molecule has 2 amide bonds. The molecule has 0 spiro atoms. The van der Waals surface area contributed by atoms with Crippen molar-refractivity contribution >= 4 is 11.8 Å². The molecule has 1 fully saturated rings. The molecule has 5 heteroatoms. The van der Waals surface area contributed by atoms with Gasteiger partial charge in [0.05, 0.1) is 6.61 Å². The maximum Gasteiger partial charge on any atom is 0.242 e. The lowest BCUT2D eigenvalue weighted by Gasteiger charge is -2.27. The van der Waals surface area contributed by atoms with E-state index in [9.17, 15) is 9.59 Å². The number of carbonyl (C=O) groups is 2. The van der Waals surface area contributed by atoms with Crippen LogP contribution in [0.5, 0.6) is 5.75 Å². The Bertz CT molecular complexity index is 545. The number of rotatable bonds is 6. The summed E-state index contributed by atoms with van der Waals surface area (Å²) in [6.07, 6.45) is 2.54. The van der Waals surface area contributed by atoms with Crippen molar-refractivity contribution in [1.82, 2.24) is 10.2 Å². The monoisotopic (exact) mass is 318 g/mol. The Labute approximate surface area is 138 Å². The van der Waals surface area contributed by atoms with E-state index in [1.165, 1.54) is 0 Å². The van der Waals surface area contributed by atoms with E-state index in [4.69, 9.17) is 4.74 Å². The lowest BCUT2D eigenvalue weighted by Crippen LogP contribution is -2.46. The van der Waals surface area contributed by atoms with E-state index < -0.39 is 0 Å². The van der Waals surface area contributed by atoms with Gasteiger partial charge in [-0.1, -0.05) is 19.1 Å². The summed E-state index contributed by atoms with van der Waals surface area (Å²) in [5.74, 6) is 0.852. The highest BCUT2D eigenvalue weighted by atomic mass is 16.5. The van der Waals surface area contributed by atoms with E-state index in [-0.39, 0.29) is 17.9 Å². The first kappa shape index (κ1) is 17.3. The summed E-state index contributed by atoms with van der Waals surface area (Å²) in [4.78, 5) is 26.3. The Morgan fingerprint density at radius 3 is 2.96 bits per heavy atom. The van der Waals surface area contributed by atoms with E-state index in [2.05, 4.69) is 5.32 Å². The number of hydrogen-bond acceptors (Lipinski definition) is 3. The van der Waals surface area contributed by atoms with Gasteiger partial charge in [-0.15, -0.1) is 0 Å². The molecule has 2 rings (SSSR count). The summed E-state index contributed by atoms with van der Waals surface area (Å²) in [6.45, 7) is 5.82. The third-order valence-corrected chi connectivity index (χ3v) is 4.10. The lowest BCUT2D eigenvalue weighted by molar-refractivity contribution is -0.139. The molecule has 0 aliphatic carbocycles. The molecule has 0 bridgehead atoms. The van der Waals surface area contributed by atoms with Gasteiger partial charge < -0.3 is 15.0 Å². The van der Waals surface area contributed by atoms with Crippen molar-refractivity contribution in [3.8, 4) is 5.75 Å². The molecular weight excluding hydrogens is 292 g/mol. The second-order valence-electron chi connectivity index (χ2n) is 5.74. The van der Waals surface area contributed by atoms with Gasteiger partial charge >= 0.3 is 0 Å². The smallest absolute Gasteiger partial charge is 0.242 e. The van der Waals surface area contributed by atoms with Gasteiger partial charge in [0.25, 0.3) is 0 Å². The van der Waals surface area contributed by atoms with Crippen molar-refractivity contribution in [2.24, 2.45) is 0 Å². The standard InChI is InChI=1S/C18H26N2O3/c1-3-16-18(22)19-11-6-12-20(16)17(21)10-9-14-7-5-8-15(13-14)23-4-2/h5,7-8,13,16H,3-4,6,9-12H2,1-2H3,(H,19,22)/t16-/m0/s1. The summed E-state index contributed by atoms with van der Waals surface area (Å²) < 4.78 is 5.49. The molecule has 0 saturated carbocycles. The van der Waals surface area contributed by atoms with Crippen LogP contribution in [0.4, 0.5) is 0 Å². The van der Waals surface area contributed by atoms with Crippen molar-refractivity contribution in [2.75, 3.05) is 19.7 Å². The average molecular weight is 318 g/mol. The minimum atomic E-state index is -0.334. The van der Waals surface area contributed by atoms with E-state index in [1.807, 2.05) is 38.1 Å². The molecule has 1 N–H and O–H groups in total. The Kier molecular flexibility index (Phi) is 6.44. The number of nitrogens with zero attached hydrogens (tertiary/aromatic N) is 1. The van der Waals surface area contributed by atoms with Gasteiger partial charge in [0.15, 0.2) is 0 Å². The Morgan fingerprint density at radius 1 is 1.39 bits per heavy atom. The van der Waals surface area contributed by atoms with Gasteiger partial charge in [-0.05, 0) is 43.9 Å². The molecule has 0 unspecified atom stereocenters. The highest BCUT2D eigenvalue weighted by Gasteiger charge is 2.29. The largest absolute Gasteiger partial charge is 0.494 e. The number of benzene rings is 1. The van der Waals surface area contributed by atoms with Crippen LogP contribution in [0.15, 0.2) is 24.3 Å². The first-order valence-corrected chi connectivity index (χ1v) is 8.44. The van der Waals surface area contributed by atoms with Crippen molar-refractivity contribution in [2.45, 2.75) is 45.6 Å². The maximum absolute atomic E-state index is 12.6. The van der Waals surface area contributed by atoms with E-state index in [0.29, 0.717) is 39.0 Å². The highest BCUT2D eigenvalue weighted by molar-refractivity contribution is 5.88. The normalized spacial score (nSPS) is 18.3. The number of ether oxygens (including phenoxy) is 1. The van der Waals surface area contributed by atoms with Crippen LogP contribution >= 0.6 is 0 Å². The molecule has 1 atom stereocenters. The third-order valence-electron chi connectivity index (χ3n) is 4.10. The van der Waals surface area contributed by atoms with Gasteiger partial charge in [0, 0.05) is 19.5 Å². The van der Waals surface area contributed by atoms with Crippen LogP contribution < -0.4 is 10.1 Å². The van der Waals surface area contributed by atoms with Crippen LogP contribution in [-0.4, -0.2) is 42.5 Å². The average Bonchev–Trinajstić information content (AvgIpc) is 2.74. The third kappa shape index (κ3) is 4.71. The van der Waals surface area contributed by atoms with Gasteiger partial charge in [0.2, 0.25) is 11.8 Å². The zero-order valence-corrected chi connectivity index (χ0v) is 14.0. The van der Waals surface area contributed by atoms with Crippen LogP contribution in [0.25, 0.3) is 0 Å². The predicted octanol–water partition coefficient (Wildman–Crippen LogP) is 2.14. The van der Waals surface area contributed by atoms with Crippen LogP contribution in [0, 0.1) is 0 Å². The van der Waals surface area contributed by atoms with Gasteiger partial charge in [-0.2, -0.15) is 0 Å². The van der Waals surface area contributed by atoms with Crippen molar-refractivity contribution in [1.29, 1.82) is 0 Å². The van der Waals surface area contributed by atoms with E-state index in [1.54, 1.807) is 4.90 Å². The van der Waals surface area contributed by atoms with Crippen LogP contribution in [0.3, 0.4) is 0 Å². The molecule has 23 heavy (non-hydrogen) atoms. The maximum atomic E-state index is 12.6. The highest BCUT2D eigenvalue weighted by Crippen LogP contribution is 2.16. The summed E-state index contributed by atoms with van der Waals surface area (Å²) in [6, 6.07) is 7.51. The summed E-state index contributed by atoms with van der Waals surface area (Å²) in [5, 5.41) is 2.88. The Hall–Kier alpha value is -2.04. The topological polar surface area (TPSA) is 58.6 Å². The fourth-order valence-electron chi connectivity index (χ4n) is 2.93. The van der Waals surface area contributed by atoms with Gasteiger partial charge in [-0.3, -0.25) is 9.59 Å². The fraction of sp³-hybridized carbons (Fsp3) is 0.556. The van der Waals surface area contributed by atoms with Crippen molar-refractivity contribution in [3.63, 3.8) is 0 Å². The molecular formula is C18H26N2O3. The molecule has 1 heterocycles. The molecule has 1 aliphatic heterocycles. The van der Waals surface area contributed by atoms with E-state index >= 15 is 0 Å². The van der Waals surface area contributed by atoms with Gasteiger partial charge in [-0.25, -0.2) is 0 Å². The SMILES string of the molecule is CCOc1cccc(CCC(=O)N2CCCNC(=O)[C@@H]2CC)c1. The van der Waals surface area contributed by atoms with E-state index in [0.717, 1.165) is 17.7 Å². The molecule has 126 valence electrons. The molecule has 1 saturated heterocycles. The zero-order chi connectivity index (χ0) is 16.7. The van der Waals surface area contributed by atoms with Crippen LogP contribution in [0.2, 0.25) is 0 Å². The quantitative estimate of drug-likeness (QED) is 0.874. The Morgan fingerprint density at radius 2 is 2.22 bits per heavy atom. The van der Waals surface area contributed by atoms with Crippen LogP contribution in [-0.2, 0) is 16.0 Å². The van der Waals surface area contributed by atoms with Crippen molar-refractivity contribution < 1.29 is 14.3 Å². The van der Waals surface area contributed by atoms with Crippen LogP contribution in [0.1, 0.15) is 38.7 Å². The first-order chi connectivity index (χ1) is 11.2. The summed E-state index contributed by atoms with van der Waals surface area (Å²) in [5.41, 5.74) is 1.08. The zero-order valence-electron chi connectivity index (χ0n) is 14.0. The summed E-state index contributed by atoms with van der Waals surface area (Å²) in [7, 11) is 0. The van der Waals surface area contributed by atoms with Gasteiger partial charge in [0.1, 0.15) is 11.8 Å². The molecule has 1 aromatic rings.